The fourth-order valence-corrected chi connectivity index (χ4v) is 2.30. The molecule has 0 saturated heterocycles. The molecule has 0 aromatic heterocycles. The second-order valence-electron chi connectivity index (χ2n) is 5.59. The molecule has 3 nitrogen and oxygen atoms in total. The lowest BCUT2D eigenvalue weighted by atomic mass is 10.0. The number of carbonyl (C=O) groups is 1. The van der Waals surface area contributed by atoms with Gasteiger partial charge in [-0.15, -0.1) is 11.6 Å². The van der Waals surface area contributed by atoms with Crippen LogP contribution in [0.3, 0.4) is 0 Å². The first-order valence-corrected chi connectivity index (χ1v) is 7.90. The quantitative estimate of drug-likeness (QED) is 0.759. The number of benzene rings is 2. The minimum atomic E-state index is -0.956. The summed E-state index contributed by atoms with van der Waals surface area (Å²) >= 11 is 6.40. The molecular formula is C19H19ClN2O. The molecule has 23 heavy (non-hydrogen) atoms. The van der Waals surface area contributed by atoms with Gasteiger partial charge in [-0.1, -0.05) is 37.3 Å². The molecule has 0 spiro atoms. The minimum absolute atomic E-state index is 0.143. The van der Waals surface area contributed by atoms with Crippen molar-refractivity contribution in [2.45, 2.75) is 31.7 Å². The summed E-state index contributed by atoms with van der Waals surface area (Å²) in [6.45, 7) is 4.07. The number of hydrogen-bond donors (Lipinski definition) is 0. The average Bonchev–Trinajstić information content (AvgIpc) is 2.60. The van der Waals surface area contributed by atoms with Crippen molar-refractivity contribution >= 4 is 23.2 Å². The molecular weight excluding hydrogens is 308 g/mol. The zero-order chi connectivity index (χ0) is 16.9. The Balaban J connectivity index is 2.38. The van der Waals surface area contributed by atoms with Gasteiger partial charge in [0.05, 0.1) is 18.2 Å². The Morgan fingerprint density at radius 1 is 1.17 bits per heavy atom. The highest BCUT2D eigenvalue weighted by Gasteiger charge is 2.33. The molecule has 118 valence electrons. The summed E-state index contributed by atoms with van der Waals surface area (Å²) in [5.74, 6) is -0.143. The molecule has 0 N–H and O–H groups in total. The van der Waals surface area contributed by atoms with Crippen LogP contribution < -0.4 is 4.90 Å². The molecule has 2 rings (SSSR count). The summed E-state index contributed by atoms with van der Waals surface area (Å²) in [6.07, 6.45) is 0.537. The molecule has 0 bridgehead atoms. The molecule has 1 amide bonds. The van der Waals surface area contributed by atoms with Crippen LogP contribution in [0, 0.1) is 11.3 Å². The Morgan fingerprint density at radius 3 is 2.30 bits per heavy atom. The second kappa shape index (κ2) is 7.30. The van der Waals surface area contributed by atoms with Crippen LogP contribution >= 0.6 is 11.6 Å². The lowest BCUT2D eigenvalue weighted by Crippen LogP contribution is -2.43. The van der Waals surface area contributed by atoms with E-state index >= 15 is 0 Å². The monoisotopic (exact) mass is 326 g/mol. The highest BCUT2D eigenvalue weighted by molar-refractivity contribution is 6.36. The van der Waals surface area contributed by atoms with E-state index in [1.807, 2.05) is 37.3 Å². The van der Waals surface area contributed by atoms with Gasteiger partial charge in [-0.2, -0.15) is 5.26 Å². The molecule has 0 fully saturated rings. The summed E-state index contributed by atoms with van der Waals surface area (Å²) in [5.41, 5.74) is 2.32. The fraction of sp³-hybridized carbons (Fsp3) is 0.263. The third kappa shape index (κ3) is 4.12. The van der Waals surface area contributed by atoms with E-state index in [9.17, 15) is 4.79 Å². The van der Waals surface area contributed by atoms with Gasteiger partial charge in [0.1, 0.15) is 4.87 Å². The summed E-state index contributed by atoms with van der Waals surface area (Å²) in [6, 6.07) is 18.8. The Labute approximate surface area is 142 Å². The predicted octanol–water partition coefficient (Wildman–Crippen LogP) is 4.50. The number of anilines is 1. The maximum atomic E-state index is 12.9. The fourth-order valence-electron chi connectivity index (χ4n) is 2.19. The molecule has 1 atom stereocenters. The van der Waals surface area contributed by atoms with E-state index < -0.39 is 4.87 Å². The van der Waals surface area contributed by atoms with E-state index in [1.54, 1.807) is 36.1 Å². The number of alkyl halides is 1. The molecule has 2 aromatic rings. The first kappa shape index (κ1) is 17.1. The summed E-state index contributed by atoms with van der Waals surface area (Å²) in [4.78, 5) is 13.6. The van der Waals surface area contributed by atoms with Crippen LogP contribution in [-0.4, -0.2) is 10.8 Å². The number of halogens is 1. The summed E-state index contributed by atoms with van der Waals surface area (Å²) in [7, 11) is 0. The SMILES string of the molecule is CCC(C)(Cl)C(=O)N(Cc1ccccc1)c1ccc(C#N)cc1. The molecule has 0 aliphatic heterocycles. The zero-order valence-electron chi connectivity index (χ0n) is 13.3. The van der Waals surface area contributed by atoms with Crippen molar-refractivity contribution in [2.24, 2.45) is 0 Å². The van der Waals surface area contributed by atoms with Crippen molar-refractivity contribution in [1.82, 2.24) is 0 Å². The lowest BCUT2D eigenvalue weighted by molar-refractivity contribution is -0.121. The Bertz CT molecular complexity index is 702. The average molecular weight is 327 g/mol. The third-order valence-electron chi connectivity index (χ3n) is 3.85. The largest absolute Gasteiger partial charge is 0.306 e. The van der Waals surface area contributed by atoms with E-state index in [-0.39, 0.29) is 5.91 Å². The number of rotatable bonds is 5. The Kier molecular flexibility index (Phi) is 5.41. The van der Waals surface area contributed by atoms with Crippen molar-refractivity contribution in [3.8, 4) is 6.07 Å². The van der Waals surface area contributed by atoms with Crippen molar-refractivity contribution in [3.63, 3.8) is 0 Å². The Morgan fingerprint density at radius 2 is 1.78 bits per heavy atom. The number of nitrogens with zero attached hydrogens (tertiary/aromatic N) is 2. The van der Waals surface area contributed by atoms with E-state index in [0.717, 1.165) is 11.3 Å². The van der Waals surface area contributed by atoms with Crippen molar-refractivity contribution in [3.05, 3.63) is 65.7 Å². The molecule has 4 heteroatoms. The van der Waals surface area contributed by atoms with Crippen molar-refractivity contribution < 1.29 is 4.79 Å². The standard InChI is InChI=1S/C19H19ClN2O/c1-3-19(2,20)18(23)22(14-16-7-5-4-6-8-16)17-11-9-15(13-21)10-12-17/h4-12H,3,14H2,1-2H3. The number of nitriles is 1. The van der Waals surface area contributed by atoms with E-state index in [0.29, 0.717) is 18.5 Å². The topological polar surface area (TPSA) is 44.1 Å². The van der Waals surface area contributed by atoms with Crippen LogP contribution in [0.25, 0.3) is 0 Å². The van der Waals surface area contributed by atoms with Gasteiger partial charge in [-0.05, 0) is 43.2 Å². The lowest BCUT2D eigenvalue weighted by Gasteiger charge is -2.30. The minimum Gasteiger partial charge on any atom is -0.306 e. The summed E-state index contributed by atoms with van der Waals surface area (Å²) in [5, 5.41) is 8.93. The number of hydrogen-bond acceptors (Lipinski definition) is 2. The maximum absolute atomic E-state index is 12.9. The molecule has 0 heterocycles. The van der Waals surface area contributed by atoms with Crippen molar-refractivity contribution in [1.29, 1.82) is 5.26 Å². The highest BCUT2D eigenvalue weighted by atomic mass is 35.5. The smallest absolute Gasteiger partial charge is 0.248 e. The molecule has 2 aromatic carbocycles. The predicted molar refractivity (Wildman–Crippen MR) is 93.3 cm³/mol. The molecule has 0 radical (unpaired) electrons. The second-order valence-corrected chi connectivity index (χ2v) is 6.42. The van der Waals surface area contributed by atoms with E-state index in [2.05, 4.69) is 6.07 Å². The molecule has 0 aliphatic rings. The van der Waals surface area contributed by atoms with Crippen LogP contribution in [0.1, 0.15) is 31.4 Å². The zero-order valence-corrected chi connectivity index (χ0v) is 14.0. The van der Waals surface area contributed by atoms with E-state index in [4.69, 9.17) is 16.9 Å². The van der Waals surface area contributed by atoms with Crippen LogP contribution in [0.2, 0.25) is 0 Å². The van der Waals surface area contributed by atoms with Gasteiger partial charge in [0.15, 0.2) is 0 Å². The molecule has 1 unspecified atom stereocenters. The van der Waals surface area contributed by atoms with Gasteiger partial charge in [0.2, 0.25) is 5.91 Å². The molecule has 0 saturated carbocycles. The highest BCUT2D eigenvalue weighted by Crippen LogP contribution is 2.27. The third-order valence-corrected chi connectivity index (χ3v) is 4.28. The van der Waals surface area contributed by atoms with E-state index in [1.165, 1.54) is 0 Å². The summed E-state index contributed by atoms with van der Waals surface area (Å²) < 4.78 is 0. The van der Waals surface area contributed by atoms with Gasteiger partial charge in [-0.3, -0.25) is 4.79 Å². The first-order chi connectivity index (χ1) is 11.0. The van der Waals surface area contributed by atoms with Crippen LogP contribution in [0.15, 0.2) is 54.6 Å². The normalized spacial score (nSPS) is 13.0. The van der Waals surface area contributed by atoms with Crippen molar-refractivity contribution in [2.75, 3.05) is 4.90 Å². The van der Waals surface area contributed by atoms with Crippen LogP contribution in [0.4, 0.5) is 5.69 Å². The first-order valence-electron chi connectivity index (χ1n) is 7.53. The van der Waals surface area contributed by atoms with Crippen LogP contribution in [0.5, 0.6) is 0 Å². The van der Waals surface area contributed by atoms with Gasteiger partial charge in [0, 0.05) is 5.69 Å². The molecule has 0 aliphatic carbocycles. The van der Waals surface area contributed by atoms with Gasteiger partial charge in [-0.25, -0.2) is 0 Å². The number of amides is 1. The maximum Gasteiger partial charge on any atom is 0.248 e. The van der Waals surface area contributed by atoms with Gasteiger partial charge >= 0.3 is 0 Å². The van der Waals surface area contributed by atoms with Crippen LogP contribution in [-0.2, 0) is 11.3 Å². The number of carbonyl (C=O) groups excluding carboxylic acids is 1. The van der Waals surface area contributed by atoms with Gasteiger partial charge < -0.3 is 4.90 Å². The Hall–Kier alpha value is -2.31. The van der Waals surface area contributed by atoms with Gasteiger partial charge in [0.25, 0.3) is 0 Å².